The van der Waals surface area contributed by atoms with Crippen LogP contribution in [0.2, 0.25) is 0 Å². The van der Waals surface area contributed by atoms with Crippen LogP contribution in [0.3, 0.4) is 0 Å². The summed E-state index contributed by atoms with van der Waals surface area (Å²) in [4.78, 5) is 28.4. The maximum atomic E-state index is 12.6. The van der Waals surface area contributed by atoms with Gasteiger partial charge in [0.05, 0.1) is 23.9 Å². The van der Waals surface area contributed by atoms with E-state index in [2.05, 4.69) is 17.1 Å². The monoisotopic (exact) mass is 370 g/mol. The number of carbonyl (C=O) groups is 1. The van der Waals surface area contributed by atoms with E-state index in [0.29, 0.717) is 23.4 Å². The number of benzene rings is 2. The maximum absolute atomic E-state index is 12.6. The van der Waals surface area contributed by atoms with Gasteiger partial charge in [0, 0.05) is 24.5 Å². The maximum Gasteiger partial charge on any atom is 0.337 e. The van der Waals surface area contributed by atoms with E-state index in [1.165, 1.54) is 7.11 Å². The molecule has 0 radical (unpaired) electrons. The third-order valence-electron chi connectivity index (χ3n) is 4.61. The topological polar surface area (TPSA) is 61.2 Å². The normalized spacial score (nSPS) is 10.8. The number of nitrogens with zero attached hydrogens (tertiary/aromatic N) is 2. The lowest BCUT2D eigenvalue weighted by Gasteiger charge is -2.12. The molecule has 2 aliphatic rings. The Morgan fingerprint density at radius 1 is 1.00 bits per heavy atom. The minimum absolute atomic E-state index is 0.271. The first-order valence-electron chi connectivity index (χ1n) is 8.87. The average molecular weight is 370 g/mol. The first-order chi connectivity index (χ1) is 13.6. The Morgan fingerprint density at radius 2 is 1.75 bits per heavy atom. The van der Waals surface area contributed by atoms with E-state index in [-0.39, 0.29) is 5.56 Å². The summed E-state index contributed by atoms with van der Waals surface area (Å²) >= 11 is 0. The number of methoxy groups -OCH3 is 1. The number of rotatable bonds is 4. The minimum Gasteiger partial charge on any atom is -0.465 e. The van der Waals surface area contributed by atoms with E-state index in [0.717, 1.165) is 16.7 Å². The second-order valence-electron chi connectivity index (χ2n) is 6.49. The first kappa shape index (κ1) is 17.7. The number of fused-ring (bicyclic) bond motifs is 1. The molecule has 5 heteroatoms. The molecule has 0 bridgehead atoms. The lowest BCUT2D eigenvalue weighted by Crippen LogP contribution is -2.13. The number of pyridine rings is 2. The van der Waals surface area contributed by atoms with Crippen LogP contribution in [0.4, 0.5) is 0 Å². The Balaban J connectivity index is 1.67. The molecule has 0 N–H and O–H groups in total. The van der Waals surface area contributed by atoms with Gasteiger partial charge in [0.25, 0.3) is 5.56 Å². The Hall–Kier alpha value is -3.73. The van der Waals surface area contributed by atoms with Crippen molar-refractivity contribution in [1.82, 2.24) is 9.55 Å². The standard InChI is InChI=1S/C23H18N2O3/c1-28-23(27)18-9-7-17(8-10-18)21-13-19-11-12-25(15-20(19)22(26)24-21)14-16-5-3-2-4-6-16/h2-13,15H,14H2,1H3. The highest BCUT2D eigenvalue weighted by atomic mass is 16.5. The van der Waals surface area contributed by atoms with Crippen LogP contribution in [-0.4, -0.2) is 22.6 Å². The molecule has 0 saturated carbocycles. The van der Waals surface area contributed by atoms with Gasteiger partial charge < -0.3 is 9.30 Å². The highest BCUT2D eigenvalue weighted by Crippen LogP contribution is 2.24. The van der Waals surface area contributed by atoms with Gasteiger partial charge >= 0.3 is 5.97 Å². The fourth-order valence-electron chi connectivity index (χ4n) is 3.14. The molecule has 2 aromatic rings. The molecular weight excluding hydrogens is 352 g/mol. The van der Waals surface area contributed by atoms with Crippen LogP contribution in [-0.2, 0) is 11.3 Å². The molecule has 0 atom stereocenters. The second-order valence-corrected chi connectivity index (χ2v) is 6.49. The highest BCUT2D eigenvalue weighted by Gasteiger charge is 2.12. The molecule has 0 spiro atoms. The van der Waals surface area contributed by atoms with Crippen molar-refractivity contribution in [2.24, 2.45) is 0 Å². The Kier molecular flexibility index (Phi) is 4.72. The van der Waals surface area contributed by atoms with Crippen LogP contribution >= 0.6 is 0 Å². The van der Waals surface area contributed by atoms with Crippen molar-refractivity contribution < 1.29 is 9.53 Å². The largest absolute Gasteiger partial charge is 0.465 e. The van der Waals surface area contributed by atoms with Crippen LogP contribution in [0.1, 0.15) is 15.9 Å². The van der Waals surface area contributed by atoms with Gasteiger partial charge in [-0.3, -0.25) is 4.79 Å². The van der Waals surface area contributed by atoms with Gasteiger partial charge in [-0.1, -0.05) is 42.5 Å². The summed E-state index contributed by atoms with van der Waals surface area (Å²) in [6, 6.07) is 20.7. The average Bonchev–Trinajstić information content (AvgIpc) is 2.74. The van der Waals surface area contributed by atoms with Gasteiger partial charge in [-0.25, -0.2) is 9.78 Å². The lowest BCUT2D eigenvalue weighted by molar-refractivity contribution is 0.0601. The summed E-state index contributed by atoms with van der Waals surface area (Å²) in [6.45, 7) is 0.687. The van der Waals surface area contributed by atoms with Gasteiger partial charge in [-0.15, -0.1) is 0 Å². The Bertz CT molecular complexity index is 1150. The smallest absolute Gasteiger partial charge is 0.337 e. The van der Waals surface area contributed by atoms with Crippen molar-refractivity contribution in [1.29, 1.82) is 0 Å². The molecule has 2 aromatic carbocycles. The molecule has 28 heavy (non-hydrogen) atoms. The lowest BCUT2D eigenvalue weighted by atomic mass is 10.0. The van der Waals surface area contributed by atoms with Crippen molar-refractivity contribution in [3.63, 3.8) is 0 Å². The molecule has 4 rings (SSSR count). The van der Waals surface area contributed by atoms with E-state index in [1.54, 1.807) is 24.3 Å². The fourth-order valence-corrected chi connectivity index (χ4v) is 3.14. The van der Waals surface area contributed by atoms with Crippen molar-refractivity contribution in [2.45, 2.75) is 6.54 Å². The molecule has 0 saturated heterocycles. The second kappa shape index (κ2) is 7.48. The molecule has 138 valence electrons. The van der Waals surface area contributed by atoms with Gasteiger partial charge in [-0.05, 0) is 35.4 Å². The molecule has 2 heterocycles. The zero-order valence-corrected chi connectivity index (χ0v) is 15.3. The van der Waals surface area contributed by atoms with Crippen molar-refractivity contribution in [3.8, 4) is 22.4 Å². The van der Waals surface area contributed by atoms with Gasteiger partial charge in [-0.2, -0.15) is 0 Å². The number of esters is 1. The summed E-state index contributed by atoms with van der Waals surface area (Å²) in [5.74, 6) is -0.398. The zero-order chi connectivity index (χ0) is 19.5. The molecule has 0 aromatic heterocycles. The number of aromatic nitrogens is 2. The minimum atomic E-state index is -0.398. The molecule has 0 amide bonds. The van der Waals surface area contributed by atoms with E-state index < -0.39 is 5.97 Å². The third-order valence-corrected chi connectivity index (χ3v) is 4.61. The van der Waals surface area contributed by atoms with Crippen LogP contribution in [0.5, 0.6) is 0 Å². The van der Waals surface area contributed by atoms with E-state index >= 15 is 0 Å². The predicted octanol–water partition coefficient (Wildman–Crippen LogP) is 3.85. The SMILES string of the molecule is COC(=O)c1ccc(-c2cc3ccn(Cc4ccccc4)cc-3c(=O)n2)cc1. The molecular formula is C23H18N2O3. The highest BCUT2D eigenvalue weighted by molar-refractivity contribution is 5.90. The van der Waals surface area contributed by atoms with Crippen LogP contribution < -0.4 is 5.56 Å². The first-order valence-corrected chi connectivity index (χ1v) is 8.87. The summed E-state index contributed by atoms with van der Waals surface area (Å²) in [6.07, 6.45) is 3.79. The number of carbonyl (C=O) groups excluding carboxylic acids is 1. The molecule has 0 unspecified atom stereocenters. The van der Waals surface area contributed by atoms with Crippen LogP contribution in [0.15, 0.2) is 83.9 Å². The van der Waals surface area contributed by atoms with Gasteiger partial charge in [0.15, 0.2) is 0 Å². The van der Waals surface area contributed by atoms with Crippen LogP contribution in [0, 0.1) is 0 Å². The van der Waals surface area contributed by atoms with Crippen molar-refractivity contribution in [2.75, 3.05) is 7.11 Å². The van der Waals surface area contributed by atoms with Crippen molar-refractivity contribution in [3.05, 3.63) is 101 Å². The molecule has 0 aliphatic carbocycles. The number of hydrogen-bond acceptors (Lipinski definition) is 4. The van der Waals surface area contributed by atoms with Gasteiger partial charge in [0.1, 0.15) is 0 Å². The molecule has 0 fully saturated rings. The number of hydrogen-bond donors (Lipinski definition) is 0. The Labute approximate surface area is 162 Å². The van der Waals surface area contributed by atoms with E-state index in [1.807, 2.05) is 47.3 Å². The third kappa shape index (κ3) is 3.55. The fraction of sp³-hybridized carbons (Fsp3) is 0.0870. The summed E-state index contributed by atoms with van der Waals surface area (Å²) < 4.78 is 6.68. The molecule has 5 nitrogen and oxygen atoms in total. The quantitative estimate of drug-likeness (QED) is 0.512. The summed E-state index contributed by atoms with van der Waals surface area (Å²) in [5, 5.41) is 0. The summed E-state index contributed by atoms with van der Waals surface area (Å²) in [7, 11) is 1.34. The summed E-state index contributed by atoms with van der Waals surface area (Å²) in [5.41, 5.74) is 4.10. The van der Waals surface area contributed by atoms with E-state index in [9.17, 15) is 9.59 Å². The van der Waals surface area contributed by atoms with Gasteiger partial charge in [0.2, 0.25) is 0 Å². The van der Waals surface area contributed by atoms with E-state index in [4.69, 9.17) is 4.74 Å². The number of ether oxygens (including phenoxy) is 1. The Morgan fingerprint density at radius 3 is 2.46 bits per heavy atom. The van der Waals surface area contributed by atoms with Crippen molar-refractivity contribution >= 4 is 5.97 Å². The predicted molar refractivity (Wildman–Crippen MR) is 107 cm³/mol. The zero-order valence-electron chi connectivity index (χ0n) is 15.3. The molecule has 2 aliphatic heterocycles. The van der Waals surface area contributed by atoms with Crippen LogP contribution in [0.25, 0.3) is 22.4 Å².